The number of nitrogens with zero attached hydrogens (tertiary/aromatic N) is 3. The number of methoxy groups -OCH3 is 1. The van der Waals surface area contributed by atoms with Crippen LogP contribution in [0.15, 0.2) is 24.0 Å². The normalized spacial score (nSPS) is 11.9. The molecular formula is C12H19N3O2. The van der Waals surface area contributed by atoms with Crippen molar-refractivity contribution in [2.24, 2.45) is 7.05 Å². The van der Waals surface area contributed by atoms with Crippen molar-refractivity contribution < 1.29 is 9.53 Å². The Balaban J connectivity index is 2.48. The minimum Gasteiger partial charge on any atom is -0.466 e. The van der Waals surface area contributed by atoms with Gasteiger partial charge in [0.2, 0.25) is 0 Å². The van der Waals surface area contributed by atoms with E-state index in [9.17, 15) is 4.79 Å². The molecule has 0 amide bonds. The van der Waals surface area contributed by atoms with E-state index in [0.717, 1.165) is 12.4 Å². The molecule has 0 saturated carbocycles. The molecule has 0 aliphatic carbocycles. The van der Waals surface area contributed by atoms with Crippen LogP contribution in [0.2, 0.25) is 0 Å². The number of imidazole rings is 1. The summed E-state index contributed by atoms with van der Waals surface area (Å²) in [4.78, 5) is 17.5. The predicted molar refractivity (Wildman–Crippen MR) is 65.3 cm³/mol. The van der Waals surface area contributed by atoms with Crippen LogP contribution in [-0.4, -0.2) is 41.1 Å². The number of likely N-dealkylation sites (N-methyl/N-ethyl adjacent to an activating group) is 1. The third-order valence-electron chi connectivity index (χ3n) is 2.55. The zero-order valence-corrected chi connectivity index (χ0v) is 10.8. The number of aryl methyl sites for hydroxylation is 1. The molecule has 5 nitrogen and oxygen atoms in total. The van der Waals surface area contributed by atoms with Crippen LogP contribution in [0.1, 0.15) is 12.7 Å². The van der Waals surface area contributed by atoms with Gasteiger partial charge in [0.05, 0.1) is 13.7 Å². The van der Waals surface area contributed by atoms with Gasteiger partial charge in [-0.25, -0.2) is 9.78 Å². The fraction of sp³-hybridized carbons (Fsp3) is 0.500. The molecule has 0 N–H and O–H groups in total. The lowest BCUT2D eigenvalue weighted by molar-refractivity contribution is -0.136. The van der Waals surface area contributed by atoms with E-state index in [2.05, 4.69) is 14.6 Å². The van der Waals surface area contributed by atoms with Gasteiger partial charge in [-0.2, -0.15) is 0 Å². The molecule has 1 heterocycles. The second-order valence-corrected chi connectivity index (χ2v) is 4.03. The van der Waals surface area contributed by atoms with Crippen LogP contribution in [-0.2, 0) is 23.1 Å². The van der Waals surface area contributed by atoms with Gasteiger partial charge in [-0.3, -0.25) is 4.90 Å². The van der Waals surface area contributed by atoms with Crippen molar-refractivity contribution in [3.05, 3.63) is 29.9 Å². The second kappa shape index (κ2) is 6.20. The largest absolute Gasteiger partial charge is 0.466 e. The van der Waals surface area contributed by atoms with Crippen molar-refractivity contribution in [1.82, 2.24) is 14.5 Å². The smallest absolute Gasteiger partial charge is 0.333 e. The summed E-state index contributed by atoms with van der Waals surface area (Å²) in [5, 5.41) is 0. The molecule has 0 fully saturated rings. The SMILES string of the molecule is COC(=O)C(C)=CCN(C)Cc1nccn1C. The molecule has 94 valence electrons. The molecule has 0 saturated heterocycles. The van der Waals surface area contributed by atoms with Crippen LogP contribution in [0.5, 0.6) is 0 Å². The van der Waals surface area contributed by atoms with Gasteiger partial charge in [0, 0.05) is 31.6 Å². The summed E-state index contributed by atoms with van der Waals surface area (Å²) in [6, 6.07) is 0. The topological polar surface area (TPSA) is 47.4 Å². The zero-order valence-electron chi connectivity index (χ0n) is 10.8. The molecule has 5 heteroatoms. The van der Waals surface area contributed by atoms with Crippen molar-refractivity contribution in [3.63, 3.8) is 0 Å². The van der Waals surface area contributed by atoms with Gasteiger partial charge in [0.25, 0.3) is 0 Å². The van der Waals surface area contributed by atoms with Gasteiger partial charge in [0.1, 0.15) is 5.82 Å². The van der Waals surface area contributed by atoms with E-state index in [-0.39, 0.29) is 5.97 Å². The minimum absolute atomic E-state index is 0.282. The summed E-state index contributed by atoms with van der Waals surface area (Å²) in [5.74, 6) is 0.715. The summed E-state index contributed by atoms with van der Waals surface area (Å²) in [6.45, 7) is 3.18. The van der Waals surface area contributed by atoms with Crippen LogP contribution in [0.25, 0.3) is 0 Å². The van der Waals surface area contributed by atoms with Crippen molar-refractivity contribution in [2.75, 3.05) is 20.7 Å². The fourth-order valence-electron chi connectivity index (χ4n) is 1.39. The molecule has 1 rings (SSSR count). The van der Waals surface area contributed by atoms with Crippen molar-refractivity contribution in [3.8, 4) is 0 Å². The first-order valence-electron chi connectivity index (χ1n) is 5.44. The predicted octanol–water partition coefficient (Wildman–Crippen LogP) is 0.971. The highest BCUT2D eigenvalue weighted by atomic mass is 16.5. The van der Waals surface area contributed by atoms with E-state index < -0.39 is 0 Å². The lowest BCUT2D eigenvalue weighted by atomic mass is 10.3. The van der Waals surface area contributed by atoms with Crippen molar-refractivity contribution >= 4 is 5.97 Å². The summed E-state index contributed by atoms with van der Waals surface area (Å²) in [7, 11) is 5.33. The maximum Gasteiger partial charge on any atom is 0.333 e. The van der Waals surface area contributed by atoms with Gasteiger partial charge in [-0.05, 0) is 14.0 Å². The number of ether oxygens (including phenoxy) is 1. The molecule has 0 spiro atoms. The Morgan fingerprint density at radius 2 is 2.35 bits per heavy atom. The van der Waals surface area contributed by atoms with Gasteiger partial charge in [-0.1, -0.05) is 6.08 Å². The van der Waals surface area contributed by atoms with Gasteiger partial charge >= 0.3 is 5.97 Å². The Labute approximate surface area is 102 Å². The second-order valence-electron chi connectivity index (χ2n) is 4.03. The molecule has 0 aliphatic heterocycles. The molecule has 1 aromatic rings. The van der Waals surface area contributed by atoms with Crippen LogP contribution in [0.4, 0.5) is 0 Å². The van der Waals surface area contributed by atoms with E-state index in [1.54, 1.807) is 13.1 Å². The first-order chi connectivity index (χ1) is 8.04. The Bertz CT molecular complexity index is 410. The monoisotopic (exact) mass is 237 g/mol. The average Bonchev–Trinajstić information content (AvgIpc) is 2.71. The van der Waals surface area contributed by atoms with E-state index in [4.69, 9.17) is 0 Å². The number of rotatable bonds is 5. The lowest BCUT2D eigenvalue weighted by Crippen LogP contribution is -2.20. The molecule has 0 atom stereocenters. The summed E-state index contributed by atoms with van der Waals surface area (Å²) < 4.78 is 6.61. The van der Waals surface area contributed by atoms with Gasteiger partial charge < -0.3 is 9.30 Å². The Kier molecular flexibility index (Phi) is 4.90. The zero-order chi connectivity index (χ0) is 12.8. The quantitative estimate of drug-likeness (QED) is 0.565. The highest BCUT2D eigenvalue weighted by Gasteiger charge is 2.05. The number of hydrogen-bond acceptors (Lipinski definition) is 4. The maximum absolute atomic E-state index is 11.2. The fourth-order valence-corrected chi connectivity index (χ4v) is 1.39. The Morgan fingerprint density at radius 1 is 1.65 bits per heavy atom. The first-order valence-corrected chi connectivity index (χ1v) is 5.44. The highest BCUT2D eigenvalue weighted by molar-refractivity contribution is 5.87. The summed E-state index contributed by atoms with van der Waals surface area (Å²) in [5.41, 5.74) is 0.624. The highest BCUT2D eigenvalue weighted by Crippen LogP contribution is 2.01. The van der Waals surface area contributed by atoms with Gasteiger partial charge in [-0.15, -0.1) is 0 Å². The summed E-state index contributed by atoms with van der Waals surface area (Å²) in [6.07, 6.45) is 5.55. The van der Waals surface area contributed by atoms with E-state index in [1.165, 1.54) is 7.11 Å². The molecule has 0 radical (unpaired) electrons. The lowest BCUT2D eigenvalue weighted by Gasteiger charge is -2.14. The maximum atomic E-state index is 11.2. The Morgan fingerprint density at radius 3 is 2.88 bits per heavy atom. The molecule has 0 unspecified atom stereocenters. The first kappa shape index (κ1) is 13.4. The van der Waals surface area contributed by atoms with Crippen LogP contribution < -0.4 is 0 Å². The molecular weight excluding hydrogens is 218 g/mol. The minimum atomic E-state index is -0.282. The van der Waals surface area contributed by atoms with Crippen LogP contribution in [0.3, 0.4) is 0 Å². The number of aromatic nitrogens is 2. The van der Waals surface area contributed by atoms with E-state index in [1.807, 2.05) is 30.9 Å². The molecule has 0 aliphatic rings. The van der Waals surface area contributed by atoms with E-state index in [0.29, 0.717) is 12.1 Å². The number of esters is 1. The molecule has 17 heavy (non-hydrogen) atoms. The van der Waals surface area contributed by atoms with Crippen LogP contribution >= 0.6 is 0 Å². The number of carbonyl (C=O) groups is 1. The molecule has 0 aromatic carbocycles. The standard InChI is InChI=1S/C12H19N3O2/c1-10(12(16)17-4)5-7-14(2)9-11-13-6-8-15(11)3/h5-6,8H,7,9H2,1-4H3. The van der Waals surface area contributed by atoms with Crippen LogP contribution in [0, 0.1) is 0 Å². The average molecular weight is 237 g/mol. The van der Waals surface area contributed by atoms with Crippen molar-refractivity contribution in [1.29, 1.82) is 0 Å². The van der Waals surface area contributed by atoms with Gasteiger partial charge in [0.15, 0.2) is 0 Å². The summed E-state index contributed by atoms with van der Waals surface area (Å²) >= 11 is 0. The molecule has 1 aromatic heterocycles. The third kappa shape index (κ3) is 4.03. The Hall–Kier alpha value is -1.62. The third-order valence-corrected chi connectivity index (χ3v) is 2.55. The number of carbonyl (C=O) groups excluding carboxylic acids is 1. The number of hydrogen-bond donors (Lipinski definition) is 0. The van der Waals surface area contributed by atoms with E-state index >= 15 is 0 Å². The molecule has 0 bridgehead atoms. The van der Waals surface area contributed by atoms with Crippen molar-refractivity contribution in [2.45, 2.75) is 13.5 Å².